The Morgan fingerprint density at radius 3 is 1.88 bits per heavy atom. The number of rotatable bonds is 2. The summed E-state index contributed by atoms with van der Waals surface area (Å²) in [5, 5.41) is 0. The van der Waals surface area contributed by atoms with Crippen molar-refractivity contribution in [2.75, 3.05) is 5.75 Å². The van der Waals surface area contributed by atoms with Crippen molar-refractivity contribution in [1.82, 2.24) is 0 Å². The average Bonchev–Trinajstić information content (AvgIpc) is 1.65. The molecule has 0 aliphatic rings. The molecular formula is C5H14ClNS. The van der Waals surface area contributed by atoms with Crippen molar-refractivity contribution in [1.29, 1.82) is 0 Å². The second-order valence-corrected chi connectivity index (χ2v) is 2.55. The third kappa shape index (κ3) is 4.75. The van der Waals surface area contributed by atoms with Crippen molar-refractivity contribution in [2.24, 2.45) is 5.92 Å². The molecule has 0 heterocycles. The first-order valence-electron chi connectivity index (χ1n) is 2.62. The smallest absolute Gasteiger partial charge is 0.0955 e. The highest BCUT2D eigenvalue weighted by Crippen LogP contribution is 1.96. The highest BCUT2D eigenvalue weighted by Gasteiger charge is 2.06. The van der Waals surface area contributed by atoms with Gasteiger partial charge in [-0.05, 0) is 0 Å². The van der Waals surface area contributed by atoms with E-state index in [1.807, 2.05) is 0 Å². The van der Waals surface area contributed by atoms with Crippen LogP contribution >= 0.6 is 12.6 Å². The van der Waals surface area contributed by atoms with Crippen molar-refractivity contribution >= 4 is 12.6 Å². The molecule has 0 radical (unpaired) electrons. The molecule has 0 aromatic heterocycles. The predicted octanol–water partition coefficient (Wildman–Crippen LogP) is -2.81. The monoisotopic (exact) mass is 155 g/mol. The van der Waals surface area contributed by atoms with Gasteiger partial charge in [0.1, 0.15) is 0 Å². The van der Waals surface area contributed by atoms with Crippen LogP contribution in [0.25, 0.3) is 0 Å². The SMILES string of the molecule is CC(C)[C@H]([NH3+])CS.[Cl-]. The molecule has 0 amide bonds. The fourth-order valence-electron chi connectivity index (χ4n) is 0.211. The first kappa shape index (κ1) is 11.4. The number of thiol groups is 1. The molecule has 0 aliphatic heterocycles. The summed E-state index contributed by atoms with van der Waals surface area (Å²) in [6.45, 7) is 4.32. The Kier molecular flexibility index (Phi) is 8.17. The Bertz CT molecular complexity index is 49.7. The van der Waals surface area contributed by atoms with E-state index in [9.17, 15) is 0 Å². The second kappa shape index (κ2) is 5.73. The van der Waals surface area contributed by atoms with E-state index in [1.165, 1.54) is 0 Å². The molecule has 0 saturated heterocycles. The first-order chi connectivity index (χ1) is 3.18. The molecule has 0 aliphatic carbocycles. The van der Waals surface area contributed by atoms with Gasteiger partial charge in [-0.25, -0.2) is 0 Å². The Morgan fingerprint density at radius 2 is 1.88 bits per heavy atom. The molecule has 8 heavy (non-hydrogen) atoms. The molecule has 0 fully saturated rings. The van der Waals surface area contributed by atoms with Crippen LogP contribution in [0.5, 0.6) is 0 Å². The molecule has 0 bridgehead atoms. The third-order valence-electron chi connectivity index (χ3n) is 1.18. The quantitative estimate of drug-likeness (QED) is 0.403. The van der Waals surface area contributed by atoms with E-state index in [-0.39, 0.29) is 12.4 Å². The van der Waals surface area contributed by atoms with Gasteiger partial charge in [0.05, 0.1) is 6.04 Å². The summed E-state index contributed by atoms with van der Waals surface area (Å²) in [4.78, 5) is 0. The van der Waals surface area contributed by atoms with Crippen LogP contribution in [0, 0.1) is 5.92 Å². The fourth-order valence-corrected chi connectivity index (χ4v) is 0.632. The zero-order valence-electron chi connectivity index (χ0n) is 5.39. The molecule has 0 aromatic carbocycles. The van der Waals surface area contributed by atoms with E-state index in [2.05, 4.69) is 32.2 Å². The van der Waals surface area contributed by atoms with Crippen molar-refractivity contribution < 1.29 is 18.1 Å². The summed E-state index contributed by atoms with van der Waals surface area (Å²) in [6, 6.07) is 0.517. The fraction of sp³-hybridized carbons (Fsp3) is 1.00. The molecule has 1 nitrogen and oxygen atoms in total. The molecule has 3 heteroatoms. The van der Waals surface area contributed by atoms with Crippen LogP contribution in [-0.2, 0) is 0 Å². The third-order valence-corrected chi connectivity index (χ3v) is 1.65. The van der Waals surface area contributed by atoms with E-state index >= 15 is 0 Å². The van der Waals surface area contributed by atoms with Crippen LogP contribution < -0.4 is 18.1 Å². The number of hydrogen-bond donors (Lipinski definition) is 2. The first-order valence-corrected chi connectivity index (χ1v) is 3.25. The van der Waals surface area contributed by atoms with Crippen LogP contribution in [0.15, 0.2) is 0 Å². The second-order valence-electron chi connectivity index (χ2n) is 2.19. The van der Waals surface area contributed by atoms with Gasteiger partial charge in [0.2, 0.25) is 0 Å². The topological polar surface area (TPSA) is 27.6 Å². The maximum atomic E-state index is 4.09. The van der Waals surface area contributed by atoms with E-state index < -0.39 is 0 Å². The Balaban J connectivity index is 0. The predicted molar refractivity (Wildman–Crippen MR) is 35.4 cm³/mol. The normalized spacial score (nSPS) is 13.1. The van der Waals surface area contributed by atoms with Crippen molar-refractivity contribution in [3.63, 3.8) is 0 Å². The lowest BCUT2D eigenvalue weighted by molar-refractivity contribution is -0.422. The summed E-state index contributed by atoms with van der Waals surface area (Å²) >= 11 is 4.09. The summed E-state index contributed by atoms with van der Waals surface area (Å²) in [6.07, 6.45) is 0. The molecule has 0 saturated carbocycles. The summed E-state index contributed by atoms with van der Waals surface area (Å²) in [5.74, 6) is 1.58. The van der Waals surface area contributed by atoms with Gasteiger partial charge < -0.3 is 18.1 Å². The van der Waals surface area contributed by atoms with Crippen molar-refractivity contribution in [3.05, 3.63) is 0 Å². The number of halogens is 1. The molecule has 3 N–H and O–H groups in total. The van der Waals surface area contributed by atoms with Crippen LogP contribution in [0.3, 0.4) is 0 Å². The summed E-state index contributed by atoms with van der Waals surface area (Å²) in [7, 11) is 0. The van der Waals surface area contributed by atoms with Crippen molar-refractivity contribution in [2.45, 2.75) is 19.9 Å². The molecule has 0 spiro atoms. The van der Waals surface area contributed by atoms with Crippen LogP contribution in [0.1, 0.15) is 13.8 Å². The standard InChI is InChI=1S/C5H13NS.ClH/c1-4(2)5(6)3-7;/h4-5,7H,3,6H2,1-2H3;1H/t5-;/m1./s1. The minimum absolute atomic E-state index is 0. The highest BCUT2D eigenvalue weighted by atomic mass is 35.5. The van der Waals surface area contributed by atoms with Crippen LogP contribution in [0.2, 0.25) is 0 Å². The van der Waals surface area contributed by atoms with E-state index in [0.717, 1.165) is 5.75 Å². The Hall–Kier alpha value is 0.600. The van der Waals surface area contributed by atoms with Crippen LogP contribution in [-0.4, -0.2) is 11.8 Å². The van der Waals surface area contributed by atoms with Gasteiger partial charge in [0.25, 0.3) is 0 Å². The lowest BCUT2D eigenvalue weighted by Crippen LogP contribution is -3.00. The van der Waals surface area contributed by atoms with E-state index in [1.54, 1.807) is 0 Å². The molecule has 0 unspecified atom stereocenters. The maximum Gasteiger partial charge on any atom is 0.0955 e. The van der Waals surface area contributed by atoms with Gasteiger partial charge in [0, 0.05) is 11.7 Å². The molecule has 0 rings (SSSR count). The van der Waals surface area contributed by atoms with Crippen LogP contribution in [0.4, 0.5) is 0 Å². The van der Waals surface area contributed by atoms with Gasteiger partial charge in [-0.1, -0.05) is 13.8 Å². The average molecular weight is 156 g/mol. The highest BCUT2D eigenvalue weighted by molar-refractivity contribution is 7.80. The lowest BCUT2D eigenvalue weighted by atomic mass is 10.1. The van der Waals surface area contributed by atoms with Gasteiger partial charge in [0.15, 0.2) is 0 Å². The molecule has 52 valence electrons. The minimum Gasteiger partial charge on any atom is -1.00 e. The molecule has 0 aromatic rings. The van der Waals surface area contributed by atoms with Gasteiger partial charge >= 0.3 is 0 Å². The number of quaternary nitrogens is 1. The van der Waals surface area contributed by atoms with Gasteiger partial charge in [-0.3, -0.25) is 0 Å². The number of hydrogen-bond acceptors (Lipinski definition) is 1. The maximum absolute atomic E-state index is 4.09. The largest absolute Gasteiger partial charge is 1.00 e. The Morgan fingerprint density at radius 1 is 1.50 bits per heavy atom. The summed E-state index contributed by atoms with van der Waals surface area (Å²) < 4.78 is 0. The Labute approximate surface area is 62.8 Å². The van der Waals surface area contributed by atoms with Crippen molar-refractivity contribution in [3.8, 4) is 0 Å². The minimum atomic E-state index is 0. The van der Waals surface area contributed by atoms with Gasteiger partial charge in [-0.15, -0.1) is 0 Å². The lowest BCUT2D eigenvalue weighted by Gasteiger charge is -2.06. The summed E-state index contributed by atoms with van der Waals surface area (Å²) in [5.41, 5.74) is 3.88. The van der Waals surface area contributed by atoms with Gasteiger partial charge in [-0.2, -0.15) is 12.6 Å². The molecule has 1 atom stereocenters. The molecular weight excluding hydrogens is 142 g/mol. The zero-order valence-corrected chi connectivity index (χ0v) is 7.04. The van der Waals surface area contributed by atoms with E-state index in [4.69, 9.17) is 0 Å². The zero-order chi connectivity index (χ0) is 5.86. The van der Waals surface area contributed by atoms with E-state index in [0.29, 0.717) is 12.0 Å².